The number of anilines is 6. The summed E-state index contributed by atoms with van der Waals surface area (Å²) in [5.41, 5.74) is 20.4. The third-order valence-electron chi connectivity index (χ3n) is 24.1. The summed E-state index contributed by atoms with van der Waals surface area (Å²) >= 11 is 78.2. The van der Waals surface area contributed by atoms with Crippen LogP contribution in [-0.4, -0.2) is 153 Å². The van der Waals surface area contributed by atoms with Crippen molar-refractivity contribution in [3.05, 3.63) is 252 Å². The highest BCUT2D eigenvalue weighted by molar-refractivity contribution is 6.50. The Morgan fingerprint density at radius 2 is 0.630 bits per heavy atom. The summed E-state index contributed by atoms with van der Waals surface area (Å²) in [5.74, 6) is -4.01. The third kappa shape index (κ3) is 18.3. The van der Waals surface area contributed by atoms with Gasteiger partial charge >= 0.3 is 0 Å². The van der Waals surface area contributed by atoms with E-state index in [4.69, 9.17) is 171 Å². The van der Waals surface area contributed by atoms with Crippen LogP contribution in [0.25, 0.3) is 83.9 Å². The van der Waals surface area contributed by atoms with E-state index in [1.54, 1.807) is 69.7 Å². The van der Waals surface area contributed by atoms with Gasteiger partial charge in [-0.05, 0) is 131 Å². The number of hydrogen-bond acceptors (Lipinski definition) is 21. The van der Waals surface area contributed by atoms with Crippen LogP contribution >= 0.6 is 139 Å². The SMILES string of the molecule is C=CC(=O)N1CCN(c2c(C#N)c(=O)n(-c3c(C)ccnc3C(C)C)c3nc(-c4c(Cl)c(N)c(F)c(Cl)c4Cl)c(Cl)cc23)C[C@H]1C.C=CC(=O)N1CCN(c2c(C#N)c(=O)n(-c3c(C)ccnc3C(C)C)c3nc(-c4c(Cl)c(N)c(F)c(Cl)c4Cl)c(Cl)cc23)C[C@H]1C.C=CC(=O)N1CCN(c2c(C#N)c(=O)n(-c3c(C)ccnc3C(C)C)c3nc(-c4c(Cl)c(N)c(F)c(Cl)c4Cl)c(Cl)cc23)C[C@H]1C. The summed E-state index contributed by atoms with van der Waals surface area (Å²) in [7, 11) is 0. The number of hydrogen-bond donors (Lipinski definition) is 3. The summed E-state index contributed by atoms with van der Waals surface area (Å²) in [5, 5.41) is 29.6. The van der Waals surface area contributed by atoms with E-state index in [1.165, 1.54) is 31.9 Å². The number of aryl methyl sites for hydroxylation is 3. The molecule has 15 rings (SSSR count). The number of nitriles is 3. The molecule has 0 radical (unpaired) electrons. The molecule has 714 valence electrons. The molecule has 3 aliphatic heterocycles. The molecule has 27 nitrogen and oxygen atoms in total. The van der Waals surface area contributed by atoms with Crippen LogP contribution < -0.4 is 48.6 Å². The van der Waals surface area contributed by atoms with Crippen LogP contribution in [0.15, 0.2) is 107 Å². The van der Waals surface area contributed by atoms with Gasteiger partial charge in [-0.2, -0.15) is 15.8 Å². The van der Waals surface area contributed by atoms with Gasteiger partial charge in [-0.1, -0.05) is 200 Å². The Kier molecular flexibility index (Phi) is 31.1. The first kappa shape index (κ1) is 104. The minimum absolute atomic E-state index is 0.0102. The van der Waals surface area contributed by atoms with Crippen molar-refractivity contribution in [2.45, 2.75) is 119 Å². The maximum Gasteiger partial charge on any atom is 0.276 e. The van der Waals surface area contributed by atoms with Crippen molar-refractivity contribution < 1.29 is 27.6 Å². The minimum atomic E-state index is -0.994. The van der Waals surface area contributed by atoms with Crippen LogP contribution in [0.4, 0.5) is 47.3 Å². The average molecular weight is 2110 g/mol. The Morgan fingerprint density at radius 3 is 0.833 bits per heavy atom. The van der Waals surface area contributed by atoms with Crippen molar-refractivity contribution in [3.8, 4) is 69.0 Å². The molecular weight excluding hydrogens is 2030 g/mol. The van der Waals surface area contributed by atoms with Gasteiger partial charge in [-0.15, -0.1) is 0 Å². The molecule has 3 saturated heterocycles. The van der Waals surface area contributed by atoms with E-state index >= 15 is 0 Å². The molecular formula is C96H84Cl12F3N21O6. The van der Waals surface area contributed by atoms with Gasteiger partial charge in [0, 0.05) is 128 Å². The number of nitrogens with two attached hydrogens (primary N) is 3. The lowest BCUT2D eigenvalue weighted by Crippen LogP contribution is -2.54. The minimum Gasteiger partial charge on any atom is -0.395 e. The first-order chi connectivity index (χ1) is 65.2. The molecule has 9 aromatic heterocycles. The number of halogens is 15. The van der Waals surface area contributed by atoms with E-state index in [2.05, 4.69) is 52.9 Å². The number of piperazine rings is 3. The van der Waals surface area contributed by atoms with Crippen molar-refractivity contribution in [1.29, 1.82) is 15.8 Å². The number of carbonyl (C=O) groups excluding carboxylic acids is 3. The summed E-state index contributed by atoms with van der Waals surface area (Å²) < 4.78 is 48.1. The quantitative estimate of drug-likeness (QED) is 0.0371. The molecule has 12 heterocycles. The van der Waals surface area contributed by atoms with Gasteiger partial charge in [0.25, 0.3) is 16.7 Å². The largest absolute Gasteiger partial charge is 0.395 e. The van der Waals surface area contributed by atoms with Gasteiger partial charge in [-0.3, -0.25) is 57.4 Å². The number of nitrogens with zero attached hydrogens (tertiary/aromatic N) is 18. The molecule has 0 bridgehead atoms. The second kappa shape index (κ2) is 41.4. The van der Waals surface area contributed by atoms with Gasteiger partial charge < -0.3 is 46.6 Å². The molecule has 3 fully saturated rings. The highest BCUT2D eigenvalue weighted by atomic mass is 35.5. The fourth-order valence-electron chi connectivity index (χ4n) is 17.5. The number of aromatic nitrogens is 9. The molecule has 0 aliphatic carbocycles. The Hall–Kier alpha value is -11.6. The van der Waals surface area contributed by atoms with Gasteiger partial charge in [0.05, 0.1) is 146 Å². The maximum absolute atomic E-state index is 14.7. The van der Waals surface area contributed by atoms with Gasteiger partial charge in [0.15, 0.2) is 17.5 Å². The first-order valence-corrected chi connectivity index (χ1v) is 47.1. The van der Waals surface area contributed by atoms with Gasteiger partial charge in [0.2, 0.25) is 17.7 Å². The lowest BCUT2D eigenvalue weighted by atomic mass is 10.0. The van der Waals surface area contributed by atoms with Crippen molar-refractivity contribution in [2.75, 3.05) is 90.8 Å². The van der Waals surface area contributed by atoms with E-state index in [0.29, 0.717) is 143 Å². The summed E-state index contributed by atoms with van der Waals surface area (Å²) in [6, 6.07) is 15.4. The molecule has 3 amide bonds. The molecule has 138 heavy (non-hydrogen) atoms. The van der Waals surface area contributed by atoms with Crippen molar-refractivity contribution >= 4 is 224 Å². The molecule has 42 heteroatoms. The lowest BCUT2D eigenvalue weighted by Gasteiger charge is -2.41. The Morgan fingerprint density at radius 1 is 0.399 bits per heavy atom. The topological polar surface area (TPSA) is 363 Å². The highest BCUT2D eigenvalue weighted by Crippen LogP contribution is 2.52. The second-order valence-corrected chi connectivity index (χ2v) is 38.4. The monoisotopic (exact) mass is 2100 g/mol. The van der Waals surface area contributed by atoms with Crippen LogP contribution in [0.2, 0.25) is 60.3 Å². The zero-order valence-corrected chi connectivity index (χ0v) is 84.8. The van der Waals surface area contributed by atoms with Gasteiger partial charge in [-0.25, -0.2) is 28.1 Å². The van der Waals surface area contributed by atoms with E-state index in [-0.39, 0.29) is 166 Å². The van der Waals surface area contributed by atoms with E-state index in [1.807, 2.05) is 97.8 Å². The molecule has 6 N–H and O–H groups in total. The van der Waals surface area contributed by atoms with E-state index in [9.17, 15) is 57.7 Å². The molecule has 3 aliphatic rings. The molecule has 0 spiro atoms. The number of amides is 3. The number of benzene rings is 3. The summed E-state index contributed by atoms with van der Waals surface area (Å²) in [6.45, 7) is 36.2. The zero-order chi connectivity index (χ0) is 101. The van der Waals surface area contributed by atoms with Crippen molar-refractivity contribution in [2.24, 2.45) is 0 Å². The number of nitrogen functional groups attached to an aromatic ring is 3. The zero-order valence-electron chi connectivity index (χ0n) is 75.8. The fraction of sp³-hybridized carbons (Fsp3) is 0.281. The smallest absolute Gasteiger partial charge is 0.276 e. The number of fused-ring (bicyclic) bond motifs is 3. The average Bonchev–Trinajstić information content (AvgIpc) is 0.726. The number of pyridine rings is 9. The van der Waals surface area contributed by atoms with Crippen LogP contribution in [0.3, 0.4) is 0 Å². The van der Waals surface area contributed by atoms with E-state index in [0.717, 1.165) is 0 Å². The molecule has 0 saturated carbocycles. The predicted molar refractivity (Wildman–Crippen MR) is 546 cm³/mol. The molecule has 3 atom stereocenters. The molecule has 3 aromatic carbocycles. The normalized spacial score (nSPS) is 15.0. The first-order valence-electron chi connectivity index (χ1n) is 42.6. The van der Waals surface area contributed by atoms with Crippen LogP contribution in [-0.2, 0) is 14.4 Å². The maximum atomic E-state index is 14.7. The van der Waals surface area contributed by atoms with Crippen molar-refractivity contribution in [3.63, 3.8) is 0 Å². The standard InChI is InChI=1S/3C32H28Cl4FN7O2/c3*1-6-20(45)43-10-9-42(13-16(43)5)30-17-11-19(33)28(21-22(34)24(36)25(37)26(39)23(21)35)41-31(17)44(32(46)18(30)12-38)29-15(4)7-8-40-27(29)14(2)3/h3*6-8,11,14,16H,1,9-10,13,39H2,2-5H3/t3*16-/m111/s1. The van der Waals surface area contributed by atoms with E-state index < -0.39 is 66.3 Å². The number of carbonyl (C=O) groups is 3. The molecule has 12 aromatic rings. The highest BCUT2D eigenvalue weighted by Gasteiger charge is 2.40. The van der Waals surface area contributed by atoms with Crippen LogP contribution in [0.5, 0.6) is 0 Å². The Labute approximate surface area is 850 Å². The summed E-state index contributed by atoms with van der Waals surface area (Å²) in [6.07, 6.45) is 8.69. The fourth-order valence-corrected chi connectivity index (χ4v) is 20.6. The van der Waals surface area contributed by atoms with Crippen LogP contribution in [0.1, 0.15) is 131 Å². The second-order valence-electron chi connectivity index (χ2n) is 33.8. The predicted octanol–water partition coefficient (Wildman–Crippen LogP) is 21.9. The lowest BCUT2D eigenvalue weighted by molar-refractivity contribution is -0.129. The Balaban J connectivity index is 0.000000175. The third-order valence-corrected chi connectivity index (χ3v) is 28.7. The summed E-state index contributed by atoms with van der Waals surface area (Å²) in [4.78, 5) is 120. The Bertz CT molecular complexity index is 6780. The van der Waals surface area contributed by atoms with Crippen molar-refractivity contribution in [1.82, 2.24) is 58.3 Å². The number of rotatable bonds is 15. The molecule has 0 unspecified atom stereocenters. The van der Waals surface area contributed by atoms with Crippen LogP contribution in [0, 0.1) is 72.2 Å². The van der Waals surface area contributed by atoms with Gasteiger partial charge in [0.1, 0.15) is 51.8 Å².